The second-order valence-electron chi connectivity index (χ2n) is 7.69. The minimum absolute atomic E-state index is 0.0887. The average molecular weight is 462 g/mol. The molecule has 0 unspecified atom stereocenters. The van der Waals surface area contributed by atoms with Crippen LogP contribution in [0, 0.1) is 0 Å². The number of piperazine rings is 1. The summed E-state index contributed by atoms with van der Waals surface area (Å²) in [5.41, 5.74) is 0. The molecule has 1 aromatic carbocycles. The number of fused-ring (bicyclic) bond motifs is 1. The highest BCUT2D eigenvalue weighted by molar-refractivity contribution is 7.89. The van der Waals surface area contributed by atoms with Crippen molar-refractivity contribution >= 4 is 20.2 Å². The van der Waals surface area contributed by atoms with Crippen molar-refractivity contribution in [3.05, 3.63) is 18.2 Å². The van der Waals surface area contributed by atoms with Gasteiger partial charge in [-0.3, -0.25) is 0 Å². The fourth-order valence-electron chi connectivity index (χ4n) is 3.96. The summed E-state index contributed by atoms with van der Waals surface area (Å²) in [7, 11) is -7.43. The van der Waals surface area contributed by atoms with E-state index in [9.17, 15) is 16.8 Å². The summed E-state index contributed by atoms with van der Waals surface area (Å²) in [5, 5.41) is 0. The van der Waals surface area contributed by atoms with Crippen molar-refractivity contribution in [1.82, 2.24) is 12.9 Å². The van der Waals surface area contributed by atoms with Gasteiger partial charge in [-0.25, -0.2) is 8.42 Å². The first-order chi connectivity index (χ1) is 14.2. The molecule has 0 spiro atoms. The molecule has 1 aromatic rings. The molecule has 0 aromatic heterocycles. The van der Waals surface area contributed by atoms with Gasteiger partial charge in [0, 0.05) is 45.3 Å². The van der Waals surface area contributed by atoms with Gasteiger partial charge in [0.05, 0.1) is 17.1 Å². The van der Waals surface area contributed by atoms with E-state index in [4.69, 9.17) is 14.2 Å². The number of rotatable bonds is 4. The maximum absolute atomic E-state index is 13.1. The molecule has 3 aliphatic heterocycles. The third-order valence-corrected chi connectivity index (χ3v) is 9.25. The smallest absolute Gasteiger partial charge is 0.282 e. The second-order valence-corrected chi connectivity index (χ2v) is 11.6. The Hall–Kier alpha value is -1.44. The number of hydrogen-bond acceptors (Lipinski definition) is 7. The summed E-state index contributed by atoms with van der Waals surface area (Å²) >= 11 is 0. The van der Waals surface area contributed by atoms with Gasteiger partial charge in [0.15, 0.2) is 11.5 Å². The maximum Gasteiger partial charge on any atom is 0.282 e. The molecular weight excluding hydrogens is 434 g/mol. The molecule has 2 saturated heterocycles. The Kier molecular flexibility index (Phi) is 5.99. The fraction of sp³-hybridized carbons (Fsp3) is 0.667. The lowest BCUT2D eigenvalue weighted by molar-refractivity contribution is -0.0456. The molecule has 30 heavy (non-hydrogen) atoms. The first-order valence-corrected chi connectivity index (χ1v) is 12.8. The van der Waals surface area contributed by atoms with Crippen LogP contribution in [0.2, 0.25) is 0 Å². The van der Waals surface area contributed by atoms with Gasteiger partial charge in [0.25, 0.3) is 10.2 Å². The lowest BCUT2D eigenvalue weighted by Crippen LogP contribution is -2.57. The number of sulfonamides is 1. The van der Waals surface area contributed by atoms with Crippen LogP contribution in [-0.4, -0.2) is 94.4 Å². The Labute approximate surface area is 177 Å². The van der Waals surface area contributed by atoms with Crippen molar-refractivity contribution in [3.8, 4) is 11.5 Å². The third-order valence-electron chi connectivity index (χ3n) is 5.39. The zero-order chi connectivity index (χ0) is 21.5. The molecular formula is C18H27N3O7S2. The van der Waals surface area contributed by atoms with Gasteiger partial charge in [-0.2, -0.15) is 21.3 Å². The molecule has 2 atom stereocenters. The minimum Gasteiger partial charge on any atom is -0.486 e. The molecule has 0 saturated carbocycles. The summed E-state index contributed by atoms with van der Waals surface area (Å²) in [6.45, 7) is 5.45. The molecule has 4 rings (SSSR count). The first-order valence-electron chi connectivity index (χ1n) is 9.98. The van der Waals surface area contributed by atoms with Crippen LogP contribution in [-0.2, 0) is 25.0 Å². The SMILES string of the molecule is C[C@@H]1CN(S(=O)(=O)N2CCN(S(=O)(=O)c3ccc4c(c3)OCCO4)CC2)C[C@H](C)O1. The Bertz CT molecular complexity index is 981. The fourth-order valence-corrected chi connectivity index (χ4v) is 7.14. The van der Waals surface area contributed by atoms with E-state index in [0.29, 0.717) is 37.8 Å². The Morgan fingerprint density at radius 1 is 0.800 bits per heavy atom. The van der Waals surface area contributed by atoms with Crippen molar-refractivity contribution in [3.63, 3.8) is 0 Å². The standard InChI is InChI=1S/C18H27N3O7S2/c1-14-12-21(13-15(2)28-14)30(24,25)20-7-5-19(6-8-20)29(22,23)16-3-4-17-18(11-16)27-10-9-26-17/h3-4,11,14-15H,5-10,12-13H2,1-2H3/t14-,15+. The monoisotopic (exact) mass is 461 g/mol. The highest BCUT2D eigenvalue weighted by Gasteiger charge is 2.39. The minimum atomic E-state index is -3.76. The molecule has 12 heteroatoms. The molecule has 0 N–H and O–H groups in total. The topological polar surface area (TPSA) is 106 Å². The van der Waals surface area contributed by atoms with E-state index in [1.165, 1.54) is 25.0 Å². The summed E-state index contributed by atoms with van der Waals surface area (Å²) in [5.74, 6) is 0.921. The van der Waals surface area contributed by atoms with Gasteiger partial charge >= 0.3 is 0 Å². The van der Waals surface area contributed by atoms with Crippen molar-refractivity contribution < 1.29 is 31.0 Å². The van der Waals surface area contributed by atoms with Crippen LogP contribution in [0.3, 0.4) is 0 Å². The molecule has 0 radical (unpaired) electrons. The number of benzene rings is 1. The predicted octanol–water partition coefficient (Wildman–Crippen LogP) is 0.118. The molecule has 2 fully saturated rings. The summed E-state index contributed by atoms with van der Waals surface area (Å²) in [6.07, 6.45) is -0.360. The van der Waals surface area contributed by atoms with E-state index >= 15 is 0 Å². The number of ether oxygens (including phenoxy) is 3. The largest absolute Gasteiger partial charge is 0.486 e. The lowest BCUT2D eigenvalue weighted by Gasteiger charge is -2.40. The van der Waals surface area contributed by atoms with Gasteiger partial charge in [0.2, 0.25) is 10.0 Å². The normalized spacial score (nSPS) is 27.1. The first kappa shape index (κ1) is 21.8. The Morgan fingerprint density at radius 3 is 2.00 bits per heavy atom. The second kappa shape index (κ2) is 8.24. The van der Waals surface area contributed by atoms with Crippen molar-refractivity contribution in [2.75, 3.05) is 52.5 Å². The predicted molar refractivity (Wildman–Crippen MR) is 108 cm³/mol. The van der Waals surface area contributed by atoms with Gasteiger partial charge in [0.1, 0.15) is 13.2 Å². The van der Waals surface area contributed by atoms with E-state index in [-0.39, 0.29) is 43.3 Å². The van der Waals surface area contributed by atoms with Gasteiger partial charge in [-0.15, -0.1) is 0 Å². The molecule has 0 aliphatic carbocycles. The molecule has 3 heterocycles. The van der Waals surface area contributed by atoms with Crippen LogP contribution in [0.1, 0.15) is 13.8 Å². The summed E-state index contributed by atoms with van der Waals surface area (Å²) in [6, 6.07) is 4.54. The summed E-state index contributed by atoms with van der Waals surface area (Å²) in [4.78, 5) is 0.110. The van der Waals surface area contributed by atoms with Crippen LogP contribution in [0.4, 0.5) is 0 Å². The highest BCUT2D eigenvalue weighted by Crippen LogP contribution is 2.33. The molecule has 0 bridgehead atoms. The molecule has 0 amide bonds. The van der Waals surface area contributed by atoms with Gasteiger partial charge in [-0.05, 0) is 26.0 Å². The van der Waals surface area contributed by atoms with Gasteiger partial charge < -0.3 is 14.2 Å². The van der Waals surface area contributed by atoms with Crippen LogP contribution < -0.4 is 9.47 Å². The van der Waals surface area contributed by atoms with Crippen LogP contribution in [0.25, 0.3) is 0 Å². The lowest BCUT2D eigenvalue weighted by atomic mass is 10.3. The van der Waals surface area contributed by atoms with Crippen LogP contribution in [0.15, 0.2) is 23.1 Å². The van der Waals surface area contributed by atoms with Gasteiger partial charge in [-0.1, -0.05) is 0 Å². The average Bonchev–Trinajstić information content (AvgIpc) is 2.72. The van der Waals surface area contributed by atoms with Crippen LogP contribution >= 0.6 is 0 Å². The summed E-state index contributed by atoms with van der Waals surface area (Å²) < 4.78 is 72.8. The molecule has 3 aliphatic rings. The number of hydrogen-bond donors (Lipinski definition) is 0. The maximum atomic E-state index is 13.1. The van der Waals surface area contributed by atoms with Crippen LogP contribution in [0.5, 0.6) is 11.5 Å². The third kappa shape index (κ3) is 4.16. The Morgan fingerprint density at radius 2 is 1.37 bits per heavy atom. The number of nitrogens with zero attached hydrogens (tertiary/aromatic N) is 3. The zero-order valence-electron chi connectivity index (χ0n) is 17.1. The van der Waals surface area contributed by atoms with E-state index in [0.717, 1.165) is 0 Å². The Balaban J connectivity index is 1.45. The highest BCUT2D eigenvalue weighted by atomic mass is 32.2. The van der Waals surface area contributed by atoms with Crippen molar-refractivity contribution in [2.24, 2.45) is 0 Å². The zero-order valence-corrected chi connectivity index (χ0v) is 18.7. The van der Waals surface area contributed by atoms with Crippen molar-refractivity contribution in [2.45, 2.75) is 31.0 Å². The van der Waals surface area contributed by atoms with Crippen molar-refractivity contribution in [1.29, 1.82) is 0 Å². The molecule has 10 nitrogen and oxygen atoms in total. The number of morpholine rings is 1. The quantitative estimate of drug-likeness (QED) is 0.627. The van der Waals surface area contributed by atoms with E-state index in [1.54, 1.807) is 6.07 Å². The van der Waals surface area contributed by atoms with E-state index in [2.05, 4.69) is 0 Å². The molecule has 168 valence electrons. The van der Waals surface area contributed by atoms with E-state index in [1.807, 2.05) is 13.8 Å². The van der Waals surface area contributed by atoms with E-state index < -0.39 is 20.2 Å².